The van der Waals surface area contributed by atoms with Crippen LogP contribution in [0.25, 0.3) is 0 Å². The first kappa shape index (κ1) is 26.9. The van der Waals surface area contributed by atoms with Crippen LogP contribution >= 0.6 is 0 Å². The Morgan fingerprint density at radius 2 is 1.94 bits per heavy atom. The molecule has 0 unspecified atom stereocenters. The Hall–Kier alpha value is -0.650. The standard InChI is InChI=1S/C28H49NO3S/c1-20(9-7-15-27(2,3)4)25-13-14-26-22(10-8-16-28(25,26)5)12-11-21-17-23(19-24(30)18-21)29-33(6,31)32/h11-12,20,23-26,29-30H,7-10,13-19H2,1-6H3/b21-11+,22-12+/t20-,23-,24-,25-,26+,28-/m1/s1. The number of fused-ring (bicyclic) bond motifs is 1. The highest BCUT2D eigenvalue weighted by Crippen LogP contribution is 2.60. The molecule has 0 heterocycles. The first-order chi connectivity index (χ1) is 15.3. The Labute approximate surface area is 203 Å². The normalized spacial score (nSPS) is 36.8. The number of aliphatic hydroxyl groups excluding tert-OH is 1. The monoisotopic (exact) mass is 479 g/mol. The van der Waals surface area contributed by atoms with E-state index >= 15 is 0 Å². The van der Waals surface area contributed by atoms with Gasteiger partial charge in [-0.25, -0.2) is 13.1 Å². The van der Waals surface area contributed by atoms with E-state index in [-0.39, 0.29) is 6.04 Å². The summed E-state index contributed by atoms with van der Waals surface area (Å²) in [7, 11) is -3.26. The summed E-state index contributed by atoms with van der Waals surface area (Å²) < 4.78 is 26.0. The molecule has 3 aliphatic carbocycles. The van der Waals surface area contributed by atoms with Crippen LogP contribution in [0, 0.1) is 28.6 Å². The van der Waals surface area contributed by atoms with Gasteiger partial charge < -0.3 is 5.11 Å². The molecule has 0 spiro atoms. The molecule has 0 aromatic carbocycles. The summed E-state index contributed by atoms with van der Waals surface area (Å²) in [5, 5.41) is 10.3. The lowest BCUT2D eigenvalue weighted by molar-refractivity contribution is 0.0920. The molecule has 190 valence electrons. The maximum absolute atomic E-state index is 11.7. The number of allylic oxidation sites excluding steroid dienone is 3. The fourth-order valence-corrected chi connectivity index (χ4v) is 8.11. The molecule has 5 heteroatoms. The number of nitrogens with one attached hydrogen (secondary N) is 1. The van der Waals surface area contributed by atoms with Crippen LogP contribution in [0.15, 0.2) is 23.3 Å². The van der Waals surface area contributed by atoms with Crippen LogP contribution in [0.5, 0.6) is 0 Å². The van der Waals surface area contributed by atoms with Crippen LogP contribution in [0.1, 0.15) is 105 Å². The van der Waals surface area contributed by atoms with Crippen LogP contribution in [0.2, 0.25) is 0 Å². The van der Waals surface area contributed by atoms with Crippen molar-refractivity contribution in [3.8, 4) is 0 Å². The van der Waals surface area contributed by atoms with E-state index in [1.165, 1.54) is 63.2 Å². The lowest BCUT2D eigenvalue weighted by Crippen LogP contribution is -2.39. The van der Waals surface area contributed by atoms with Crippen molar-refractivity contribution in [2.75, 3.05) is 6.26 Å². The molecule has 0 saturated heterocycles. The Morgan fingerprint density at radius 1 is 1.21 bits per heavy atom. The van der Waals surface area contributed by atoms with Crippen molar-refractivity contribution in [1.82, 2.24) is 4.72 Å². The minimum absolute atomic E-state index is 0.199. The Balaban J connectivity index is 1.68. The molecule has 4 nitrogen and oxygen atoms in total. The lowest BCUT2D eigenvalue weighted by atomic mass is 9.60. The first-order valence-corrected chi connectivity index (χ1v) is 15.2. The van der Waals surface area contributed by atoms with Crippen LogP contribution in [-0.4, -0.2) is 31.9 Å². The maximum Gasteiger partial charge on any atom is 0.208 e. The summed E-state index contributed by atoms with van der Waals surface area (Å²) in [4.78, 5) is 0. The zero-order chi connectivity index (χ0) is 24.4. The number of hydrogen-bond donors (Lipinski definition) is 2. The van der Waals surface area contributed by atoms with Crippen LogP contribution < -0.4 is 4.72 Å². The van der Waals surface area contributed by atoms with E-state index in [9.17, 15) is 13.5 Å². The Kier molecular flexibility index (Phi) is 8.60. The summed E-state index contributed by atoms with van der Waals surface area (Å²) in [6, 6.07) is -0.199. The van der Waals surface area contributed by atoms with Gasteiger partial charge in [-0.1, -0.05) is 70.8 Å². The molecular formula is C28H49NO3S. The molecule has 0 aromatic rings. The number of aliphatic hydroxyl groups is 1. The molecule has 2 N–H and O–H groups in total. The van der Waals surface area contributed by atoms with Crippen molar-refractivity contribution in [2.45, 2.75) is 117 Å². The van der Waals surface area contributed by atoms with Gasteiger partial charge in [-0.05, 0) is 86.4 Å². The topological polar surface area (TPSA) is 66.4 Å². The highest BCUT2D eigenvalue weighted by Gasteiger charge is 2.50. The van der Waals surface area contributed by atoms with Gasteiger partial charge in [0.05, 0.1) is 12.4 Å². The first-order valence-electron chi connectivity index (χ1n) is 13.3. The van der Waals surface area contributed by atoms with Crippen LogP contribution in [0.4, 0.5) is 0 Å². The molecule has 3 saturated carbocycles. The molecule has 3 rings (SSSR count). The van der Waals surface area contributed by atoms with E-state index in [1.54, 1.807) is 5.57 Å². The van der Waals surface area contributed by atoms with Gasteiger partial charge in [-0.2, -0.15) is 0 Å². The zero-order valence-electron chi connectivity index (χ0n) is 22.0. The van der Waals surface area contributed by atoms with Gasteiger partial charge in [0.1, 0.15) is 0 Å². The third kappa shape index (κ3) is 7.41. The molecule has 33 heavy (non-hydrogen) atoms. The quantitative estimate of drug-likeness (QED) is 0.446. The van der Waals surface area contributed by atoms with Gasteiger partial charge in [-0.3, -0.25) is 0 Å². The van der Waals surface area contributed by atoms with Gasteiger partial charge in [0, 0.05) is 6.04 Å². The number of sulfonamides is 1. The number of rotatable bonds is 7. The summed E-state index contributed by atoms with van der Waals surface area (Å²) >= 11 is 0. The van der Waals surface area contributed by atoms with Gasteiger partial charge in [0.15, 0.2) is 0 Å². The van der Waals surface area contributed by atoms with E-state index in [0.29, 0.717) is 36.0 Å². The third-order valence-electron chi connectivity index (χ3n) is 8.79. The second kappa shape index (κ2) is 10.5. The van der Waals surface area contributed by atoms with Crippen molar-refractivity contribution in [1.29, 1.82) is 0 Å². The van der Waals surface area contributed by atoms with E-state index in [2.05, 4.69) is 51.5 Å². The number of hydrogen-bond acceptors (Lipinski definition) is 3. The Morgan fingerprint density at radius 3 is 2.61 bits per heavy atom. The van der Waals surface area contributed by atoms with Gasteiger partial charge in [0.25, 0.3) is 0 Å². The van der Waals surface area contributed by atoms with Crippen molar-refractivity contribution in [3.05, 3.63) is 23.3 Å². The van der Waals surface area contributed by atoms with E-state index in [1.807, 2.05) is 0 Å². The lowest BCUT2D eigenvalue weighted by Gasteiger charge is -2.44. The molecule has 3 aliphatic rings. The summed E-state index contributed by atoms with van der Waals surface area (Å²) in [6.45, 7) is 12.1. The average molecular weight is 480 g/mol. The molecule has 0 aromatic heterocycles. The van der Waals surface area contributed by atoms with E-state index < -0.39 is 16.1 Å². The predicted octanol–water partition coefficient (Wildman–Crippen LogP) is 6.37. The maximum atomic E-state index is 11.7. The summed E-state index contributed by atoms with van der Waals surface area (Å²) in [5.74, 6) is 2.28. The molecule has 0 aliphatic heterocycles. The molecule has 0 radical (unpaired) electrons. The van der Waals surface area contributed by atoms with Gasteiger partial charge >= 0.3 is 0 Å². The average Bonchev–Trinajstić information content (AvgIpc) is 3.01. The molecule has 0 amide bonds. The third-order valence-corrected chi connectivity index (χ3v) is 9.55. The van der Waals surface area contributed by atoms with Crippen molar-refractivity contribution >= 4 is 10.0 Å². The fourth-order valence-electron chi connectivity index (χ4n) is 7.32. The minimum atomic E-state index is -3.26. The fraction of sp³-hybridized carbons (Fsp3) is 0.857. The highest BCUT2D eigenvalue weighted by molar-refractivity contribution is 7.88. The highest BCUT2D eigenvalue weighted by atomic mass is 32.2. The van der Waals surface area contributed by atoms with E-state index in [4.69, 9.17) is 0 Å². The van der Waals surface area contributed by atoms with Gasteiger partial charge in [0.2, 0.25) is 10.0 Å². The second-order valence-electron chi connectivity index (χ2n) is 13.0. The SMILES string of the molecule is C[C@H](CCCC(C)(C)C)[C@H]1CC[C@H]2/C(=C/C=C3/C[C@@H](O)C[C@H](NS(C)(=O)=O)C3)CCC[C@]12C. The van der Waals surface area contributed by atoms with Crippen molar-refractivity contribution in [3.63, 3.8) is 0 Å². The van der Waals surface area contributed by atoms with Crippen LogP contribution in [0.3, 0.4) is 0 Å². The second-order valence-corrected chi connectivity index (χ2v) is 14.8. The molecular weight excluding hydrogens is 430 g/mol. The Bertz CT molecular complexity index is 838. The molecule has 0 bridgehead atoms. The summed E-state index contributed by atoms with van der Waals surface area (Å²) in [5.41, 5.74) is 3.60. The van der Waals surface area contributed by atoms with Crippen molar-refractivity contribution in [2.24, 2.45) is 28.6 Å². The van der Waals surface area contributed by atoms with E-state index in [0.717, 1.165) is 11.8 Å². The van der Waals surface area contributed by atoms with Crippen LogP contribution in [-0.2, 0) is 10.0 Å². The molecule has 3 fully saturated rings. The largest absolute Gasteiger partial charge is 0.393 e. The van der Waals surface area contributed by atoms with Crippen molar-refractivity contribution < 1.29 is 13.5 Å². The smallest absolute Gasteiger partial charge is 0.208 e. The minimum Gasteiger partial charge on any atom is -0.393 e. The predicted molar refractivity (Wildman–Crippen MR) is 138 cm³/mol. The van der Waals surface area contributed by atoms with Gasteiger partial charge in [-0.15, -0.1) is 0 Å². The summed E-state index contributed by atoms with van der Waals surface area (Å²) in [6.07, 6.45) is 17.6. The zero-order valence-corrected chi connectivity index (χ0v) is 22.8. The molecule has 6 atom stereocenters.